The zero-order valence-electron chi connectivity index (χ0n) is 9.51. The normalized spacial score (nSPS) is 15.4. The molecule has 0 atom stereocenters. The Morgan fingerprint density at radius 1 is 1.47 bits per heavy atom. The molecule has 0 spiro atoms. The first kappa shape index (κ1) is 12.6. The third-order valence-corrected chi connectivity index (χ3v) is 3.89. The fourth-order valence-corrected chi connectivity index (χ4v) is 2.47. The lowest BCUT2D eigenvalue weighted by Gasteiger charge is -2.25. The van der Waals surface area contributed by atoms with Gasteiger partial charge in [-0.3, -0.25) is 4.79 Å². The van der Waals surface area contributed by atoms with E-state index >= 15 is 0 Å². The van der Waals surface area contributed by atoms with Crippen molar-refractivity contribution in [3.63, 3.8) is 0 Å². The first-order valence-electron chi connectivity index (χ1n) is 5.90. The molecule has 1 fully saturated rings. The molecule has 0 saturated heterocycles. The summed E-state index contributed by atoms with van der Waals surface area (Å²) in [5, 5.41) is 2.87. The maximum atomic E-state index is 12.9. The Morgan fingerprint density at radius 3 is 2.82 bits per heavy atom. The van der Waals surface area contributed by atoms with Gasteiger partial charge in [0.1, 0.15) is 5.82 Å². The van der Waals surface area contributed by atoms with E-state index in [4.69, 9.17) is 0 Å². The minimum Gasteiger partial charge on any atom is -0.352 e. The van der Waals surface area contributed by atoms with E-state index in [9.17, 15) is 9.18 Å². The van der Waals surface area contributed by atoms with Crippen LogP contribution in [-0.4, -0.2) is 12.5 Å². The molecule has 17 heavy (non-hydrogen) atoms. The van der Waals surface area contributed by atoms with Crippen LogP contribution >= 0.6 is 15.9 Å². The summed E-state index contributed by atoms with van der Waals surface area (Å²) in [5.41, 5.74) is 0.486. The lowest BCUT2D eigenvalue weighted by molar-refractivity contribution is 0.0948. The fourth-order valence-electron chi connectivity index (χ4n) is 1.94. The van der Waals surface area contributed by atoms with E-state index < -0.39 is 0 Å². The van der Waals surface area contributed by atoms with Gasteiger partial charge in [-0.15, -0.1) is 0 Å². The van der Waals surface area contributed by atoms with Crippen LogP contribution in [0.1, 0.15) is 36.0 Å². The number of halogens is 2. The van der Waals surface area contributed by atoms with Gasteiger partial charge in [-0.2, -0.15) is 0 Å². The van der Waals surface area contributed by atoms with Gasteiger partial charge in [0.2, 0.25) is 0 Å². The number of rotatable bonds is 4. The number of benzene rings is 1. The number of carbonyl (C=O) groups excluding carboxylic acids is 1. The topological polar surface area (TPSA) is 29.1 Å². The van der Waals surface area contributed by atoms with Crippen molar-refractivity contribution < 1.29 is 9.18 Å². The van der Waals surface area contributed by atoms with Crippen LogP contribution in [0.4, 0.5) is 4.39 Å². The van der Waals surface area contributed by atoms with Crippen LogP contribution < -0.4 is 5.32 Å². The van der Waals surface area contributed by atoms with E-state index in [-0.39, 0.29) is 11.7 Å². The van der Waals surface area contributed by atoms with E-state index in [2.05, 4.69) is 21.2 Å². The van der Waals surface area contributed by atoms with Crippen molar-refractivity contribution >= 4 is 21.8 Å². The molecule has 1 aliphatic carbocycles. The Morgan fingerprint density at radius 2 is 2.24 bits per heavy atom. The van der Waals surface area contributed by atoms with Crippen molar-refractivity contribution in [2.75, 3.05) is 6.54 Å². The summed E-state index contributed by atoms with van der Waals surface area (Å²) >= 11 is 3.19. The molecule has 4 heteroatoms. The van der Waals surface area contributed by atoms with Gasteiger partial charge < -0.3 is 5.32 Å². The van der Waals surface area contributed by atoms with Crippen LogP contribution in [0, 0.1) is 11.7 Å². The molecule has 2 rings (SSSR count). The molecule has 92 valence electrons. The number of hydrogen-bond donors (Lipinski definition) is 1. The van der Waals surface area contributed by atoms with Gasteiger partial charge in [0.25, 0.3) is 5.91 Å². The molecule has 1 amide bonds. The average molecular weight is 300 g/mol. The van der Waals surface area contributed by atoms with Gasteiger partial charge in [0.15, 0.2) is 0 Å². The Bertz CT molecular complexity index is 418. The molecule has 0 radical (unpaired) electrons. The minimum absolute atomic E-state index is 0.142. The van der Waals surface area contributed by atoms with E-state index in [1.165, 1.54) is 37.5 Å². The molecule has 1 aliphatic rings. The summed E-state index contributed by atoms with van der Waals surface area (Å²) in [7, 11) is 0. The third-order valence-electron chi connectivity index (χ3n) is 3.24. The minimum atomic E-state index is -0.345. The van der Waals surface area contributed by atoms with Gasteiger partial charge in [-0.25, -0.2) is 4.39 Å². The lowest BCUT2D eigenvalue weighted by atomic mass is 9.83. The smallest absolute Gasteiger partial charge is 0.252 e. The number of hydrogen-bond acceptors (Lipinski definition) is 1. The lowest BCUT2D eigenvalue weighted by Crippen LogP contribution is -2.27. The van der Waals surface area contributed by atoms with Gasteiger partial charge in [0.05, 0.1) is 5.56 Å². The van der Waals surface area contributed by atoms with Gasteiger partial charge >= 0.3 is 0 Å². The molecule has 0 aliphatic heterocycles. The summed E-state index contributed by atoms with van der Waals surface area (Å²) in [6, 6.07) is 4.10. The highest BCUT2D eigenvalue weighted by Crippen LogP contribution is 2.28. The summed E-state index contributed by atoms with van der Waals surface area (Å²) in [6.07, 6.45) is 4.94. The molecule has 0 heterocycles. The van der Waals surface area contributed by atoms with Crippen molar-refractivity contribution in [1.29, 1.82) is 0 Å². The first-order valence-corrected chi connectivity index (χ1v) is 6.69. The molecule has 0 aromatic heterocycles. The zero-order chi connectivity index (χ0) is 12.3. The highest BCUT2D eigenvalue weighted by Gasteiger charge is 2.17. The summed E-state index contributed by atoms with van der Waals surface area (Å²) < 4.78 is 13.4. The number of carbonyl (C=O) groups is 1. The Labute approximate surface area is 109 Å². The second-order valence-corrected chi connectivity index (χ2v) is 5.32. The summed E-state index contributed by atoms with van der Waals surface area (Å²) in [6.45, 7) is 0.702. The van der Waals surface area contributed by atoms with Gasteiger partial charge in [-0.05, 0) is 46.5 Å². The second-order valence-electron chi connectivity index (χ2n) is 4.47. The van der Waals surface area contributed by atoms with Crippen molar-refractivity contribution in [2.45, 2.75) is 25.7 Å². The molecule has 0 unspecified atom stereocenters. The molecular weight excluding hydrogens is 285 g/mol. The molecular formula is C13H15BrFNO. The quantitative estimate of drug-likeness (QED) is 0.906. The van der Waals surface area contributed by atoms with E-state index in [0.29, 0.717) is 16.6 Å². The maximum Gasteiger partial charge on any atom is 0.252 e. The largest absolute Gasteiger partial charge is 0.352 e. The van der Waals surface area contributed by atoms with Crippen LogP contribution in [0.2, 0.25) is 0 Å². The Kier molecular flexibility index (Phi) is 4.15. The monoisotopic (exact) mass is 299 g/mol. The molecule has 0 bridgehead atoms. The van der Waals surface area contributed by atoms with Crippen molar-refractivity contribution in [3.05, 3.63) is 34.1 Å². The van der Waals surface area contributed by atoms with Crippen molar-refractivity contribution in [3.8, 4) is 0 Å². The number of nitrogens with one attached hydrogen (secondary N) is 1. The fraction of sp³-hybridized carbons (Fsp3) is 0.462. The SMILES string of the molecule is O=C(NCCC1CCC1)c1ccc(F)cc1Br. The average Bonchev–Trinajstić information content (AvgIpc) is 2.21. The Balaban J connectivity index is 1.85. The van der Waals surface area contributed by atoms with Crippen LogP contribution in [-0.2, 0) is 0 Å². The van der Waals surface area contributed by atoms with Gasteiger partial charge in [-0.1, -0.05) is 19.3 Å². The molecule has 1 aromatic carbocycles. The van der Waals surface area contributed by atoms with Crippen LogP contribution in [0.25, 0.3) is 0 Å². The van der Waals surface area contributed by atoms with Gasteiger partial charge in [0, 0.05) is 11.0 Å². The number of amides is 1. The molecule has 2 nitrogen and oxygen atoms in total. The highest BCUT2D eigenvalue weighted by atomic mass is 79.9. The van der Waals surface area contributed by atoms with Crippen molar-refractivity contribution in [2.24, 2.45) is 5.92 Å². The second kappa shape index (κ2) is 5.63. The molecule has 1 N–H and O–H groups in total. The summed E-state index contributed by atoms with van der Waals surface area (Å²) in [5.74, 6) is 0.297. The van der Waals surface area contributed by atoms with Crippen LogP contribution in [0.5, 0.6) is 0 Å². The highest BCUT2D eigenvalue weighted by molar-refractivity contribution is 9.10. The predicted molar refractivity (Wildman–Crippen MR) is 68.4 cm³/mol. The van der Waals surface area contributed by atoms with E-state index in [1.54, 1.807) is 0 Å². The van der Waals surface area contributed by atoms with E-state index in [0.717, 1.165) is 12.3 Å². The first-order chi connectivity index (χ1) is 8.16. The van der Waals surface area contributed by atoms with E-state index in [1.807, 2.05) is 0 Å². The maximum absolute atomic E-state index is 12.9. The van der Waals surface area contributed by atoms with Crippen molar-refractivity contribution in [1.82, 2.24) is 5.32 Å². The van der Waals surface area contributed by atoms with Crippen LogP contribution in [0.3, 0.4) is 0 Å². The Hall–Kier alpha value is -0.900. The molecule has 1 aromatic rings. The predicted octanol–water partition coefficient (Wildman–Crippen LogP) is 3.51. The van der Waals surface area contributed by atoms with Crippen LogP contribution in [0.15, 0.2) is 22.7 Å². The standard InChI is InChI=1S/C13H15BrFNO/c14-12-8-10(15)4-5-11(12)13(17)16-7-6-9-2-1-3-9/h4-5,8-9H,1-3,6-7H2,(H,16,17). The third kappa shape index (κ3) is 3.28. The zero-order valence-corrected chi connectivity index (χ0v) is 11.1. The molecule has 1 saturated carbocycles. The summed E-state index contributed by atoms with van der Waals surface area (Å²) in [4.78, 5) is 11.8.